The predicted molar refractivity (Wildman–Crippen MR) is 92.8 cm³/mol. The first-order valence-corrected chi connectivity index (χ1v) is 7.72. The van der Waals surface area contributed by atoms with Crippen molar-refractivity contribution < 1.29 is 13.9 Å². The average Bonchev–Trinajstić information content (AvgIpc) is 2.48. The van der Waals surface area contributed by atoms with Crippen molar-refractivity contribution in [2.24, 2.45) is 0 Å². The fourth-order valence-corrected chi connectivity index (χ4v) is 2.82. The summed E-state index contributed by atoms with van der Waals surface area (Å²) in [6.45, 7) is 4.52. The van der Waals surface area contributed by atoms with Gasteiger partial charge in [-0.25, -0.2) is 4.39 Å². The standard InChI is InChI=1S/C18H20FN3O2/c1-18(2)11-22(15-8-7-12(20)9-16(15)24-18)10-17(23)21-14-6-4-3-5-13(14)19/h3-9H,10-11,20H2,1-2H3,(H,21,23). The lowest BCUT2D eigenvalue weighted by atomic mass is 10.0. The van der Waals surface area contributed by atoms with Gasteiger partial charge in [0, 0.05) is 11.8 Å². The molecule has 1 aliphatic rings. The molecule has 0 radical (unpaired) electrons. The molecule has 2 aromatic rings. The molecule has 6 heteroatoms. The summed E-state index contributed by atoms with van der Waals surface area (Å²) in [7, 11) is 0. The zero-order valence-corrected chi connectivity index (χ0v) is 13.7. The minimum absolute atomic E-state index is 0.0953. The first-order valence-electron chi connectivity index (χ1n) is 7.72. The molecule has 0 spiro atoms. The van der Waals surface area contributed by atoms with E-state index in [1.54, 1.807) is 24.3 Å². The average molecular weight is 329 g/mol. The van der Waals surface area contributed by atoms with Crippen LogP contribution in [-0.4, -0.2) is 24.6 Å². The summed E-state index contributed by atoms with van der Waals surface area (Å²) in [4.78, 5) is 14.2. The topological polar surface area (TPSA) is 67.6 Å². The smallest absolute Gasteiger partial charge is 0.243 e. The van der Waals surface area contributed by atoms with Crippen LogP contribution in [0.2, 0.25) is 0 Å². The van der Waals surface area contributed by atoms with Crippen LogP contribution in [-0.2, 0) is 4.79 Å². The lowest BCUT2D eigenvalue weighted by Gasteiger charge is -2.40. The Hall–Kier alpha value is -2.76. The van der Waals surface area contributed by atoms with E-state index in [1.807, 2.05) is 24.8 Å². The molecule has 3 rings (SSSR count). The Morgan fingerprint density at radius 3 is 2.83 bits per heavy atom. The number of ether oxygens (including phenoxy) is 1. The van der Waals surface area contributed by atoms with Crippen LogP contribution in [0.5, 0.6) is 5.75 Å². The molecule has 0 bridgehead atoms. The Bertz CT molecular complexity index is 777. The lowest BCUT2D eigenvalue weighted by molar-refractivity contribution is -0.115. The number of nitrogens with one attached hydrogen (secondary N) is 1. The van der Waals surface area contributed by atoms with Crippen molar-refractivity contribution in [2.75, 3.05) is 29.0 Å². The number of nitrogen functional groups attached to an aromatic ring is 1. The number of hydrogen-bond donors (Lipinski definition) is 2. The highest BCUT2D eigenvalue weighted by Crippen LogP contribution is 2.38. The van der Waals surface area contributed by atoms with Crippen molar-refractivity contribution in [2.45, 2.75) is 19.4 Å². The second kappa shape index (κ2) is 6.03. The van der Waals surface area contributed by atoms with E-state index < -0.39 is 11.4 Å². The molecule has 1 heterocycles. The molecule has 1 amide bonds. The van der Waals surface area contributed by atoms with Gasteiger partial charge < -0.3 is 20.7 Å². The Morgan fingerprint density at radius 2 is 2.08 bits per heavy atom. The van der Waals surface area contributed by atoms with Crippen LogP contribution in [0.1, 0.15) is 13.8 Å². The number of anilines is 3. The largest absolute Gasteiger partial charge is 0.484 e. The molecular weight excluding hydrogens is 309 g/mol. The van der Waals surface area contributed by atoms with Gasteiger partial charge in [0.05, 0.1) is 24.5 Å². The molecule has 3 N–H and O–H groups in total. The third kappa shape index (κ3) is 3.42. The highest BCUT2D eigenvalue weighted by atomic mass is 19.1. The third-order valence-electron chi connectivity index (χ3n) is 3.76. The molecule has 0 saturated heterocycles. The molecule has 1 aliphatic heterocycles. The molecule has 0 fully saturated rings. The van der Waals surface area contributed by atoms with Crippen LogP contribution in [0.25, 0.3) is 0 Å². The highest BCUT2D eigenvalue weighted by Gasteiger charge is 2.32. The summed E-state index contributed by atoms with van der Waals surface area (Å²) < 4.78 is 19.6. The normalized spacial score (nSPS) is 15.4. The molecular formula is C18H20FN3O2. The third-order valence-corrected chi connectivity index (χ3v) is 3.76. The summed E-state index contributed by atoms with van der Waals surface area (Å²) in [5, 5.41) is 2.61. The van der Waals surface area contributed by atoms with Gasteiger partial charge in [-0.3, -0.25) is 4.79 Å². The van der Waals surface area contributed by atoms with Gasteiger partial charge in [0.25, 0.3) is 0 Å². The maximum absolute atomic E-state index is 13.7. The Morgan fingerprint density at radius 1 is 1.33 bits per heavy atom. The minimum Gasteiger partial charge on any atom is -0.484 e. The van der Waals surface area contributed by atoms with Gasteiger partial charge in [-0.05, 0) is 38.1 Å². The summed E-state index contributed by atoms with van der Waals surface area (Å²) in [6, 6.07) is 11.4. The number of halogens is 1. The summed E-state index contributed by atoms with van der Waals surface area (Å²) in [5.74, 6) is -0.105. The summed E-state index contributed by atoms with van der Waals surface area (Å²) in [5.41, 5.74) is 6.93. The summed E-state index contributed by atoms with van der Waals surface area (Å²) >= 11 is 0. The van der Waals surface area contributed by atoms with Crippen molar-refractivity contribution in [3.8, 4) is 5.75 Å². The Labute approximate surface area is 140 Å². The van der Waals surface area contributed by atoms with Gasteiger partial charge in [0.2, 0.25) is 5.91 Å². The van der Waals surface area contributed by atoms with Gasteiger partial charge >= 0.3 is 0 Å². The molecule has 0 unspecified atom stereocenters. The van der Waals surface area contributed by atoms with Crippen LogP contribution >= 0.6 is 0 Å². The number of fused-ring (bicyclic) bond motifs is 1. The van der Waals surface area contributed by atoms with Gasteiger partial charge in [0.15, 0.2) is 0 Å². The number of carbonyl (C=O) groups excluding carboxylic acids is 1. The Kier molecular flexibility index (Phi) is 4.05. The molecule has 24 heavy (non-hydrogen) atoms. The molecule has 126 valence electrons. The van der Waals surface area contributed by atoms with Crippen molar-refractivity contribution >= 4 is 23.0 Å². The number of nitrogens with zero attached hydrogens (tertiary/aromatic N) is 1. The SMILES string of the molecule is CC1(C)CN(CC(=O)Nc2ccccc2F)c2ccc(N)cc2O1. The number of hydrogen-bond acceptors (Lipinski definition) is 4. The lowest BCUT2D eigenvalue weighted by Crippen LogP contribution is -2.49. The van der Waals surface area contributed by atoms with Crippen LogP contribution in [0, 0.1) is 5.82 Å². The van der Waals surface area contributed by atoms with E-state index in [9.17, 15) is 9.18 Å². The monoisotopic (exact) mass is 329 g/mol. The van der Waals surface area contributed by atoms with Crippen LogP contribution in [0.15, 0.2) is 42.5 Å². The molecule has 0 aromatic heterocycles. The number of carbonyl (C=O) groups is 1. The second-order valence-electron chi connectivity index (χ2n) is 6.47. The number of para-hydroxylation sites is 1. The first kappa shape index (κ1) is 16.1. The van der Waals surface area contributed by atoms with Crippen molar-refractivity contribution in [1.82, 2.24) is 0 Å². The molecule has 5 nitrogen and oxygen atoms in total. The fourth-order valence-electron chi connectivity index (χ4n) is 2.82. The van der Waals surface area contributed by atoms with E-state index in [4.69, 9.17) is 10.5 Å². The number of nitrogens with two attached hydrogens (primary N) is 1. The predicted octanol–water partition coefficient (Wildman–Crippen LogP) is 3.02. The zero-order valence-electron chi connectivity index (χ0n) is 13.7. The van der Waals surface area contributed by atoms with E-state index in [0.717, 1.165) is 5.69 Å². The summed E-state index contributed by atoms with van der Waals surface area (Å²) in [6.07, 6.45) is 0. The van der Waals surface area contributed by atoms with E-state index in [-0.39, 0.29) is 18.1 Å². The molecule has 2 aromatic carbocycles. The van der Waals surface area contributed by atoms with E-state index in [0.29, 0.717) is 18.0 Å². The van der Waals surface area contributed by atoms with Crippen LogP contribution in [0.4, 0.5) is 21.5 Å². The Balaban J connectivity index is 1.79. The van der Waals surface area contributed by atoms with E-state index in [2.05, 4.69) is 5.32 Å². The van der Waals surface area contributed by atoms with Crippen molar-refractivity contribution in [1.29, 1.82) is 0 Å². The van der Waals surface area contributed by atoms with Crippen LogP contribution < -0.4 is 20.7 Å². The van der Waals surface area contributed by atoms with Crippen molar-refractivity contribution in [3.63, 3.8) is 0 Å². The first-order chi connectivity index (χ1) is 11.3. The zero-order chi connectivity index (χ0) is 17.3. The quantitative estimate of drug-likeness (QED) is 0.850. The fraction of sp³-hybridized carbons (Fsp3) is 0.278. The number of amides is 1. The molecule has 0 aliphatic carbocycles. The van der Waals surface area contributed by atoms with Gasteiger partial charge in [0.1, 0.15) is 17.2 Å². The maximum Gasteiger partial charge on any atom is 0.243 e. The number of rotatable bonds is 3. The van der Waals surface area contributed by atoms with E-state index in [1.165, 1.54) is 12.1 Å². The van der Waals surface area contributed by atoms with E-state index >= 15 is 0 Å². The maximum atomic E-state index is 13.7. The van der Waals surface area contributed by atoms with Gasteiger partial charge in [-0.1, -0.05) is 12.1 Å². The van der Waals surface area contributed by atoms with Gasteiger partial charge in [-0.15, -0.1) is 0 Å². The minimum atomic E-state index is -0.459. The highest BCUT2D eigenvalue weighted by molar-refractivity contribution is 5.94. The molecule has 0 saturated carbocycles. The van der Waals surface area contributed by atoms with Crippen LogP contribution in [0.3, 0.4) is 0 Å². The second-order valence-corrected chi connectivity index (χ2v) is 6.47. The number of benzene rings is 2. The van der Waals surface area contributed by atoms with Gasteiger partial charge in [-0.2, -0.15) is 0 Å². The molecule has 0 atom stereocenters. The van der Waals surface area contributed by atoms with Crippen molar-refractivity contribution in [3.05, 3.63) is 48.3 Å².